The first-order valence-electron chi connectivity index (χ1n) is 3.65. The molecule has 0 saturated heterocycles. The van der Waals surface area contributed by atoms with Crippen LogP contribution in [0.5, 0.6) is 0 Å². The highest BCUT2D eigenvalue weighted by Crippen LogP contribution is 2.23. The lowest BCUT2D eigenvalue weighted by Crippen LogP contribution is -2.04. The highest BCUT2D eigenvalue weighted by Gasteiger charge is 2.02. The summed E-state index contributed by atoms with van der Waals surface area (Å²) in [5, 5.41) is 1.38. The summed E-state index contributed by atoms with van der Waals surface area (Å²) in [6, 6.07) is 7.11. The highest BCUT2D eigenvalue weighted by atomic mass is 127. The van der Waals surface area contributed by atoms with E-state index in [0.717, 1.165) is 14.5 Å². The molecule has 1 aromatic carbocycles. The van der Waals surface area contributed by atoms with Crippen LogP contribution >= 0.6 is 34.2 Å². The normalized spacial score (nSPS) is 10.6. The molecule has 0 bridgehead atoms. The lowest BCUT2D eigenvalue weighted by atomic mass is 10.2. The van der Waals surface area contributed by atoms with Crippen LogP contribution in [0.2, 0.25) is 5.02 Å². The molecule has 0 aliphatic heterocycles. The van der Waals surface area contributed by atoms with Crippen molar-refractivity contribution in [2.75, 3.05) is 0 Å². The van der Waals surface area contributed by atoms with E-state index >= 15 is 0 Å². The molecule has 0 unspecified atom stereocenters. The van der Waals surface area contributed by atoms with E-state index in [1.165, 1.54) is 6.07 Å². The molecule has 2 aromatic rings. The van der Waals surface area contributed by atoms with E-state index in [0.29, 0.717) is 5.02 Å². The van der Waals surface area contributed by atoms with Crippen LogP contribution in [0.1, 0.15) is 0 Å². The zero-order valence-electron chi connectivity index (χ0n) is 6.47. The number of para-hydroxylation sites is 1. The van der Waals surface area contributed by atoms with Gasteiger partial charge in [-0.1, -0.05) is 23.7 Å². The van der Waals surface area contributed by atoms with Gasteiger partial charge in [-0.2, -0.15) is 0 Å². The van der Waals surface area contributed by atoms with Gasteiger partial charge in [0.1, 0.15) is 0 Å². The molecule has 0 aliphatic carbocycles. The maximum atomic E-state index is 11.1. The molecule has 1 N–H and O–H groups in total. The molecule has 0 amide bonds. The van der Waals surface area contributed by atoms with Crippen LogP contribution in [0.4, 0.5) is 0 Å². The van der Waals surface area contributed by atoms with Crippen molar-refractivity contribution in [3.63, 3.8) is 0 Å². The Morgan fingerprint density at radius 3 is 2.92 bits per heavy atom. The lowest BCUT2D eigenvalue weighted by Gasteiger charge is -2.00. The fourth-order valence-corrected chi connectivity index (χ4v) is 2.09. The minimum atomic E-state index is -0.165. The van der Waals surface area contributed by atoms with Gasteiger partial charge in [0.25, 0.3) is 0 Å². The van der Waals surface area contributed by atoms with Crippen molar-refractivity contribution in [1.82, 2.24) is 4.98 Å². The molecule has 0 aliphatic rings. The Hall–Kier alpha value is -0.550. The van der Waals surface area contributed by atoms with Gasteiger partial charge in [0.2, 0.25) is 5.56 Å². The SMILES string of the molecule is O=c1cc(Cl)c2cccc(I)c2[nH]1. The average Bonchev–Trinajstić information content (AvgIpc) is 2.07. The smallest absolute Gasteiger partial charge is 0.249 e. The molecule has 13 heavy (non-hydrogen) atoms. The molecule has 4 heteroatoms. The molecule has 2 nitrogen and oxygen atoms in total. The first kappa shape index (κ1) is 9.02. The summed E-state index contributed by atoms with van der Waals surface area (Å²) in [5.41, 5.74) is 0.641. The van der Waals surface area contributed by atoms with Gasteiger partial charge in [-0.05, 0) is 28.7 Å². The largest absolute Gasteiger partial charge is 0.321 e. The maximum absolute atomic E-state index is 11.1. The first-order chi connectivity index (χ1) is 6.18. The summed E-state index contributed by atoms with van der Waals surface area (Å²) >= 11 is 8.07. The predicted octanol–water partition coefficient (Wildman–Crippen LogP) is 2.79. The number of hydrogen-bond acceptors (Lipinski definition) is 1. The minimum Gasteiger partial charge on any atom is -0.321 e. The second kappa shape index (κ2) is 3.31. The molecular formula is C9H5ClINO. The van der Waals surface area contributed by atoms with Crippen molar-refractivity contribution in [1.29, 1.82) is 0 Å². The van der Waals surface area contributed by atoms with Crippen LogP contribution in [0, 0.1) is 3.57 Å². The third kappa shape index (κ3) is 1.58. The Bertz CT molecular complexity index is 520. The van der Waals surface area contributed by atoms with Crippen molar-refractivity contribution in [2.24, 2.45) is 0 Å². The van der Waals surface area contributed by atoms with Gasteiger partial charge in [0.15, 0.2) is 0 Å². The van der Waals surface area contributed by atoms with Crippen LogP contribution < -0.4 is 5.56 Å². The number of hydrogen-bond donors (Lipinski definition) is 1. The summed E-state index contributed by atoms with van der Waals surface area (Å²) in [6.07, 6.45) is 0. The van der Waals surface area contributed by atoms with Gasteiger partial charge in [-0.15, -0.1) is 0 Å². The molecule has 0 atom stereocenters. The van der Waals surface area contributed by atoms with Crippen molar-refractivity contribution in [3.8, 4) is 0 Å². The summed E-state index contributed by atoms with van der Waals surface area (Å²) in [7, 11) is 0. The summed E-state index contributed by atoms with van der Waals surface area (Å²) in [4.78, 5) is 13.9. The number of aromatic nitrogens is 1. The fraction of sp³-hybridized carbons (Fsp3) is 0. The molecule has 66 valence electrons. The van der Waals surface area contributed by atoms with Crippen molar-refractivity contribution in [2.45, 2.75) is 0 Å². The first-order valence-corrected chi connectivity index (χ1v) is 5.11. The minimum absolute atomic E-state index is 0.165. The van der Waals surface area contributed by atoms with E-state index in [-0.39, 0.29) is 5.56 Å². The molecule has 1 aromatic heterocycles. The zero-order valence-corrected chi connectivity index (χ0v) is 9.39. The Morgan fingerprint density at radius 1 is 1.38 bits per heavy atom. The van der Waals surface area contributed by atoms with Gasteiger partial charge in [0.05, 0.1) is 10.5 Å². The standard InChI is InChI=1S/C9H5ClINO/c10-6-4-8(13)12-9-5(6)2-1-3-7(9)11/h1-4H,(H,12,13). The van der Waals surface area contributed by atoms with E-state index in [1.54, 1.807) is 0 Å². The maximum Gasteiger partial charge on any atom is 0.249 e. The van der Waals surface area contributed by atoms with Crippen LogP contribution in [0.25, 0.3) is 10.9 Å². The Labute approximate surface area is 93.1 Å². The number of pyridine rings is 1. The molecule has 0 radical (unpaired) electrons. The average molecular weight is 306 g/mol. The zero-order chi connectivity index (χ0) is 9.42. The van der Waals surface area contributed by atoms with Gasteiger partial charge in [-0.3, -0.25) is 4.79 Å². The molecule has 1 heterocycles. The molecule has 0 fully saturated rings. The number of nitrogens with one attached hydrogen (secondary N) is 1. The number of fused-ring (bicyclic) bond motifs is 1. The van der Waals surface area contributed by atoms with E-state index in [4.69, 9.17) is 11.6 Å². The third-order valence-electron chi connectivity index (χ3n) is 1.78. The Kier molecular flexibility index (Phi) is 2.29. The van der Waals surface area contributed by atoms with Crippen LogP contribution in [-0.2, 0) is 0 Å². The Balaban J connectivity index is 3.03. The quantitative estimate of drug-likeness (QED) is 0.746. The summed E-state index contributed by atoms with van der Waals surface area (Å²) < 4.78 is 0.995. The van der Waals surface area contributed by atoms with Crippen LogP contribution in [-0.4, -0.2) is 4.98 Å². The summed E-state index contributed by atoms with van der Waals surface area (Å²) in [5.74, 6) is 0. The lowest BCUT2D eigenvalue weighted by molar-refractivity contribution is 1.30. The van der Waals surface area contributed by atoms with Crippen molar-refractivity contribution < 1.29 is 0 Å². The van der Waals surface area contributed by atoms with Gasteiger partial charge < -0.3 is 4.98 Å². The van der Waals surface area contributed by atoms with Crippen LogP contribution in [0.15, 0.2) is 29.1 Å². The molecule has 0 spiro atoms. The Morgan fingerprint density at radius 2 is 2.15 bits per heavy atom. The third-order valence-corrected chi connectivity index (χ3v) is 2.99. The van der Waals surface area contributed by atoms with Crippen molar-refractivity contribution in [3.05, 3.63) is 43.2 Å². The highest BCUT2D eigenvalue weighted by molar-refractivity contribution is 14.1. The molecular weight excluding hydrogens is 300 g/mol. The predicted molar refractivity (Wildman–Crippen MR) is 62.3 cm³/mol. The van der Waals surface area contributed by atoms with E-state index < -0.39 is 0 Å². The fourth-order valence-electron chi connectivity index (χ4n) is 1.20. The second-order valence-corrected chi connectivity index (χ2v) is 4.21. The molecule has 2 rings (SSSR count). The van der Waals surface area contributed by atoms with Crippen molar-refractivity contribution >= 4 is 45.1 Å². The number of aromatic amines is 1. The second-order valence-electron chi connectivity index (χ2n) is 2.64. The van der Waals surface area contributed by atoms with E-state index in [9.17, 15) is 4.79 Å². The van der Waals surface area contributed by atoms with E-state index in [1.807, 2.05) is 18.2 Å². The van der Waals surface area contributed by atoms with E-state index in [2.05, 4.69) is 27.6 Å². The van der Waals surface area contributed by atoms with Gasteiger partial charge >= 0.3 is 0 Å². The number of benzene rings is 1. The number of rotatable bonds is 0. The number of H-pyrrole nitrogens is 1. The topological polar surface area (TPSA) is 32.9 Å². The van der Waals surface area contributed by atoms with Crippen LogP contribution in [0.3, 0.4) is 0 Å². The van der Waals surface area contributed by atoms with Gasteiger partial charge in [0, 0.05) is 15.0 Å². The summed E-state index contributed by atoms with van der Waals surface area (Å²) in [6.45, 7) is 0. The molecule has 0 saturated carbocycles. The monoisotopic (exact) mass is 305 g/mol. The van der Waals surface area contributed by atoms with Gasteiger partial charge in [-0.25, -0.2) is 0 Å². The number of halogens is 2.